The van der Waals surface area contributed by atoms with Gasteiger partial charge >= 0.3 is 5.69 Å². The highest BCUT2D eigenvalue weighted by Gasteiger charge is 2.26. The second-order valence-electron chi connectivity index (χ2n) is 4.60. The number of nitro groups is 1. The summed E-state index contributed by atoms with van der Waals surface area (Å²) in [5.74, 6) is 0. The molecule has 0 amide bonds. The zero-order chi connectivity index (χ0) is 15.7. The minimum Gasteiger partial charge on any atom is -0.258 e. The highest BCUT2D eigenvalue weighted by Crippen LogP contribution is 2.43. The van der Waals surface area contributed by atoms with E-state index in [-0.39, 0.29) is 10.6 Å². The Morgan fingerprint density at radius 3 is 2.50 bits per heavy atom. The van der Waals surface area contributed by atoms with Crippen LogP contribution in [0.5, 0.6) is 0 Å². The summed E-state index contributed by atoms with van der Waals surface area (Å²) in [6, 6.07) is 14.5. The van der Waals surface area contributed by atoms with Gasteiger partial charge in [-0.15, -0.1) is 11.8 Å². The van der Waals surface area contributed by atoms with Crippen molar-refractivity contribution in [3.63, 3.8) is 0 Å². The predicted molar refractivity (Wildman–Crippen MR) is 90.6 cm³/mol. The second-order valence-corrected chi connectivity index (χ2v) is 5.80. The van der Waals surface area contributed by atoms with Crippen molar-refractivity contribution in [3.8, 4) is 11.1 Å². The van der Waals surface area contributed by atoms with Gasteiger partial charge in [-0.1, -0.05) is 48.0 Å². The summed E-state index contributed by atoms with van der Waals surface area (Å²) < 4.78 is 0. The van der Waals surface area contributed by atoms with Crippen LogP contribution in [0.1, 0.15) is 0 Å². The maximum Gasteiger partial charge on any atom is 0.309 e. The fourth-order valence-corrected chi connectivity index (χ4v) is 3.22. The van der Waals surface area contributed by atoms with Crippen LogP contribution in [0.2, 0.25) is 5.02 Å². The number of halogens is 1. The number of aromatic nitrogens is 1. The number of hydrogen-bond donors (Lipinski definition) is 0. The molecule has 0 radical (unpaired) electrons. The molecule has 6 heteroatoms. The van der Waals surface area contributed by atoms with Gasteiger partial charge in [-0.3, -0.25) is 10.1 Å². The Kier molecular flexibility index (Phi) is 4.00. The molecule has 0 saturated heterocycles. The molecule has 22 heavy (non-hydrogen) atoms. The lowest BCUT2D eigenvalue weighted by Crippen LogP contribution is -1.99. The normalized spacial score (nSPS) is 10.8. The predicted octanol–water partition coefficient (Wildman–Crippen LogP) is 5.19. The maximum atomic E-state index is 11.6. The van der Waals surface area contributed by atoms with Crippen molar-refractivity contribution in [1.82, 2.24) is 4.98 Å². The van der Waals surface area contributed by atoms with Crippen molar-refractivity contribution < 1.29 is 4.92 Å². The number of pyridine rings is 1. The summed E-state index contributed by atoms with van der Waals surface area (Å²) in [6.45, 7) is 0. The van der Waals surface area contributed by atoms with Gasteiger partial charge in [0.2, 0.25) is 0 Å². The Morgan fingerprint density at radius 1 is 1.14 bits per heavy atom. The lowest BCUT2D eigenvalue weighted by atomic mass is 9.99. The molecule has 0 atom stereocenters. The highest BCUT2D eigenvalue weighted by molar-refractivity contribution is 7.98. The molecule has 2 aromatic carbocycles. The molecule has 0 aliphatic carbocycles. The third-order valence-electron chi connectivity index (χ3n) is 3.35. The van der Waals surface area contributed by atoms with E-state index in [1.54, 1.807) is 24.5 Å². The van der Waals surface area contributed by atoms with Crippen LogP contribution in [-0.4, -0.2) is 16.2 Å². The maximum absolute atomic E-state index is 11.6. The number of fused-ring (bicyclic) bond motifs is 1. The van der Waals surface area contributed by atoms with Gasteiger partial charge in [0.1, 0.15) is 0 Å². The largest absolute Gasteiger partial charge is 0.309 e. The summed E-state index contributed by atoms with van der Waals surface area (Å²) in [5, 5.41) is 13.2. The topological polar surface area (TPSA) is 56.0 Å². The van der Waals surface area contributed by atoms with E-state index in [0.29, 0.717) is 26.7 Å². The fraction of sp³-hybridized carbons (Fsp3) is 0.0625. The zero-order valence-electron chi connectivity index (χ0n) is 11.6. The molecule has 110 valence electrons. The number of benzene rings is 2. The highest BCUT2D eigenvalue weighted by atomic mass is 35.5. The summed E-state index contributed by atoms with van der Waals surface area (Å²) >= 11 is 7.54. The van der Waals surface area contributed by atoms with E-state index in [1.807, 2.05) is 30.3 Å². The van der Waals surface area contributed by atoms with Crippen LogP contribution < -0.4 is 0 Å². The molecule has 3 rings (SSSR count). The molecule has 0 fully saturated rings. The molecule has 4 nitrogen and oxygen atoms in total. The van der Waals surface area contributed by atoms with E-state index in [1.165, 1.54) is 11.8 Å². The van der Waals surface area contributed by atoms with Gasteiger partial charge in [0.25, 0.3) is 0 Å². The first-order valence-electron chi connectivity index (χ1n) is 6.49. The summed E-state index contributed by atoms with van der Waals surface area (Å²) in [6.07, 6.45) is 1.78. The van der Waals surface area contributed by atoms with Crippen LogP contribution in [0.4, 0.5) is 5.69 Å². The van der Waals surface area contributed by atoms with E-state index in [0.717, 1.165) is 5.39 Å². The second kappa shape index (κ2) is 5.94. The molecule has 0 spiro atoms. The van der Waals surface area contributed by atoms with Crippen molar-refractivity contribution in [3.05, 3.63) is 63.7 Å². The first kappa shape index (κ1) is 14.8. The van der Waals surface area contributed by atoms with Gasteiger partial charge in [0, 0.05) is 16.0 Å². The molecular weight excluding hydrogens is 320 g/mol. The average Bonchev–Trinajstić information content (AvgIpc) is 2.53. The zero-order valence-corrected chi connectivity index (χ0v) is 13.2. The number of rotatable bonds is 3. The van der Waals surface area contributed by atoms with Gasteiger partial charge < -0.3 is 0 Å². The minimum atomic E-state index is -0.385. The summed E-state index contributed by atoms with van der Waals surface area (Å²) in [7, 11) is 0. The monoisotopic (exact) mass is 330 g/mol. The van der Waals surface area contributed by atoms with E-state index in [9.17, 15) is 10.1 Å². The third-order valence-corrected chi connectivity index (χ3v) is 4.35. The number of nitrogens with zero attached hydrogens (tertiary/aromatic N) is 2. The molecule has 0 aliphatic rings. The van der Waals surface area contributed by atoms with E-state index >= 15 is 0 Å². The Labute approximate surface area is 136 Å². The van der Waals surface area contributed by atoms with Crippen molar-refractivity contribution in [2.45, 2.75) is 5.03 Å². The fourth-order valence-electron chi connectivity index (χ4n) is 2.43. The average molecular weight is 331 g/mol. The van der Waals surface area contributed by atoms with Gasteiger partial charge in [-0.05, 0) is 18.4 Å². The molecular formula is C16H11ClN2O2S. The molecule has 3 aromatic rings. The Bertz CT molecular complexity index is 883. The lowest BCUT2D eigenvalue weighted by Gasteiger charge is -2.11. The van der Waals surface area contributed by atoms with Crippen molar-refractivity contribution in [2.24, 2.45) is 0 Å². The molecule has 0 N–H and O–H groups in total. The van der Waals surface area contributed by atoms with E-state index in [4.69, 9.17) is 11.6 Å². The van der Waals surface area contributed by atoms with Gasteiger partial charge in [-0.2, -0.15) is 0 Å². The number of hydrogen-bond acceptors (Lipinski definition) is 4. The van der Waals surface area contributed by atoms with Crippen LogP contribution >= 0.6 is 23.4 Å². The molecule has 0 unspecified atom stereocenters. The third kappa shape index (κ3) is 2.42. The smallest absolute Gasteiger partial charge is 0.258 e. The van der Waals surface area contributed by atoms with Crippen LogP contribution in [0.15, 0.2) is 53.6 Å². The number of para-hydroxylation sites is 1. The molecule has 1 heterocycles. The molecule has 0 bridgehead atoms. The Hall–Kier alpha value is -2.11. The minimum absolute atomic E-state index is 0.000648. The summed E-state index contributed by atoms with van der Waals surface area (Å²) in [4.78, 5) is 15.7. The first-order valence-corrected chi connectivity index (χ1v) is 8.09. The lowest BCUT2D eigenvalue weighted by molar-refractivity contribution is -0.387. The van der Waals surface area contributed by atoms with Crippen molar-refractivity contribution in [1.29, 1.82) is 0 Å². The quantitative estimate of drug-likeness (QED) is 0.377. The van der Waals surface area contributed by atoms with Crippen LogP contribution in [-0.2, 0) is 0 Å². The van der Waals surface area contributed by atoms with Crippen molar-refractivity contribution >= 4 is 40.0 Å². The Morgan fingerprint density at radius 2 is 1.82 bits per heavy atom. The molecule has 1 aromatic heterocycles. The summed E-state index contributed by atoms with van der Waals surface area (Å²) in [5.41, 5.74) is 1.88. The van der Waals surface area contributed by atoms with Gasteiger partial charge in [0.15, 0.2) is 5.03 Å². The van der Waals surface area contributed by atoms with Crippen LogP contribution in [0, 0.1) is 10.1 Å². The van der Waals surface area contributed by atoms with Gasteiger partial charge in [0.05, 0.1) is 16.0 Å². The first-order chi connectivity index (χ1) is 10.6. The van der Waals surface area contributed by atoms with E-state index in [2.05, 4.69) is 4.98 Å². The van der Waals surface area contributed by atoms with E-state index < -0.39 is 0 Å². The van der Waals surface area contributed by atoms with Gasteiger partial charge in [-0.25, -0.2) is 4.98 Å². The SMILES string of the molecule is CSc1nc2ccccc2c(-c2ccccc2Cl)c1[N+](=O)[O-]. The number of thioether (sulfide) groups is 1. The molecule has 0 aliphatic heterocycles. The van der Waals surface area contributed by atoms with Crippen LogP contribution in [0.3, 0.4) is 0 Å². The Balaban J connectivity index is 2.52. The van der Waals surface area contributed by atoms with Crippen molar-refractivity contribution in [2.75, 3.05) is 6.26 Å². The van der Waals surface area contributed by atoms with Crippen LogP contribution in [0.25, 0.3) is 22.0 Å². The standard InChI is InChI=1S/C16H11ClN2O2S/c1-22-16-15(19(20)21)14(10-6-2-4-8-12(10)17)11-7-3-5-9-13(11)18-16/h2-9H,1H3. The molecule has 0 saturated carbocycles.